The van der Waals surface area contributed by atoms with Gasteiger partial charge in [-0.25, -0.2) is 12.8 Å². The lowest BCUT2D eigenvalue weighted by Gasteiger charge is -2.10. The molecule has 1 heterocycles. The zero-order chi connectivity index (χ0) is 14.9. The van der Waals surface area contributed by atoms with Crippen molar-refractivity contribution >= 4 is 33.1 Å². The van der Waals surface area contributed by atoms with E-state index in [2.05, 4.69) is 14.9 Å². The molecular weight excluding hydrogens is 307 g/mol. The molecule has 0 aliphatic rings. The molecule has 2 aromatic rings. The largest absolute Gasteiger partial charge is 0.396 e. The van der Waals surface area contributed by atoms with Crippen LogP contribution in [0.15, 0.2) is 23.2 Å². The highest BCUT2D eigenvalue weighted by molar-refractivity contribution is 7.92. The predicted molar refractivity (Wildman–Crippen MR) is 74.6 cm³/mol. The van der Waals surface area contributed by atoms with Crippen LogP contribution in [0.25, 0.3) is 0 Å². The van der Waals surface area contributed by atoms with Crippen molar-refractivity contribution in [1.82, 2.24) is 10.2 Å². The molecule has 0 amide bonds. The van der Waals surface area contributed by atoms with Gasteiger partial charge in [0.1, 0.15) is 10.7 Å². The summed E-state index contributed by atoms with van der Waals surface area (Å²) in [5.41, 5.74) is 5.70. The van der Waals surface area contributed by atoms with Crippen molar-refractivity contribution in [3.8, 4) is 0 Å². The van der Waals surface area contributed by atoms with Crippen LogP contribution in [-0.4, -0.2) is 18.6 Å². The van der Waals surface area contributed by atoms with Crippen LogP contribution in [0.2, 0.25) is 5.02 Å². The quantitative estimate of drug-likeness (QED) is 0.752. The number of nitrogens with two attached hydrogens (primary N) is 1. The van der Waals surface area contributed by atoms with E-state index in [1.807, 2.05) is 6.92 Å². The molecule has 6 nitrogen and oxygen atoms in total. The Morgan fingerprint density at radius 2 is 2.20 bits per heavy atom. The van der Waals surface area contributed by atoms with Gasteiger partial charge < -0.3 is 5.73 Å². The third kappa shape index (κ3) is 2.70. The van der Waals surface area contributed by atoms with Gasteiger partial charge in [-0.15, -0.1) is 0 Å². The van der Waals surface area contributed by atoms with E-state index in [4.69, 9.17) is 17.3 Å². The number of sulfonamides is 1. The summed E-state index contributed by atoms with van der Waals surface area (Å²) in [6.07, 6.45) is 2.05. The fourth-order valence-corrected chi connectivity index (χ4v) is 3.12. The van der Waals surface area contributed by atoms with Crippen LogP contribution in [0, 0.1) is 5.82 Å². The van der Waals surface area contributed by atoms with Crippen LogP contribution < -0.4 is 10.5 Å². The summed E-state index contributed by atoms with van der Waals surface area (Å²) in [7, 11) is -4.15. The molecule has 20 heavy (non-hydrogen) atoms. The third-order valence-electron chi connectivity index (χ3n) is 2.66. The lowest BCUT2D eigenvalue weighted by atomic mass is 10.3. The van der Waals surface area contributed by atoms with Crippen molar-refractivity contribution < 1.29 is 12.8 Å². The number of aromatic amines is 1. The molecule has 0 aliphatic carbocycles. The molecule has 0 bridgehead atoms. The summed E-state index contributed by atoms with van der Waals surface area (Å²) < 4.78 is 40.4. The van der Waals surface area contributed by atoms with Crippen molar-refractivity contribution in [1.29, 1.82) is 0 Å². The van der Waals surface area contributed by atoms with Crippen LogP contribution in [0.4, 0.5) is 15.9 Å². The molecule has 0 unspecified atom stereocenters. The number of anilines is 2. The maximum absolute atomic E-state index is 13.9. The first-order valence-corrected chi connectivity index (χ1v) is 7.51. The Morgan fingerprint density at radius 3 is 2.85 bits per heavy atom. The van der Waals surface area contributed by atoms with E-state index < -0.39 is 20.7 Å². The van der Waals surface area contributed by atoms with Crippen LogP contribution in [0.3, 0.4) is 0 Å². The zero-order valence-corrected chi connectivity index (χ0v) is 12.0. The van der Waals surface area contributed by atoms with Gasteiger partial charge in [-0.05, 0) is 18.6 Å². The Kier molecular flexibility index (Phi) is 3.87. The molecule has 0 spiro atoms. The number of aromatic nitrogens is 2. The second-order valence-corrected chi connectivity index (χ2v) is 6.12. The number of nitrogens with one attached hydrogen (secondary N) is 2. The van der Waals surface area contributed by atoms with Gasteiger partial charge in [0.05, 0.1) is 11.9 Å². The van der Waals surface area contributed by atoms with Gasteiger partial charge in [0, 0.05) is 10.6 Å². The molecule has 9 heteroatoms. The Bertz CT molecular complexity index is 745. The van der Waals surface area contributed by atoms with E-state index in [0.717, 1.165) is 12.1 Å². The minimum atomic E-state index is -4.15. The number of benzene rings is 1. The Hall–Kier alpha value is -1.80. The molecule has 1 aromatic heterocycles. The number of rotatable bonds is 4. The minimum absolute atomic E-state index is 0.0320. The molecule has 108 valence electrons. The summed E-state index contributed by atoms with van der Waals surface area (Å²) in [6.45, 7) is 1.83. The molecule has 0 atom stereocenters. The smallest absolute Gasteiger partial charge is 0.266 e. The highest BCUT2D eigenvalue weighted by Gasteiger charge is 2.23. The average molecular weight is 319 g/mol. The lowest BCUT2D eigenvalue weighted by molar-refractivity contribution is 0.572. The van der Waals surface area contributed by atoms with E-state index in [-0.39, 0.29) is 16.5 Å². The molecule has 0 saturated carbocycles. The number of hydrogen-bond donors (Lipinski definition) is 3. The number of H-pyrrole nitrogens is 1. The van der Waals surface area contributed by atoms with Crippen LogP contribution in [-0.2, 0) is 16.4 Å². The summed E-state index contributed by atoms with van der Waals surface area (Å²) in [5.74, 6) is -0.857. The number of aryl methyl sites for hydroxylation is 1. The Labute approximate surface area is 120 Å². The topological polar surface area (TPSA) is 101 Å². The van der Waals surface area contributed by atoms with Gasteiger partial charge in [-0.1, -0.05) is 18.5 Å². The van der Waals surface area contributed by atoms with Gasteiger partial charge in [0.15, 0.2) is 5.82 Å². The molecule has 2 rings (SSSR count). The molecule has 1 aromatic carbocycles. The van der Waals surface area contributed by atoms with Gasteiger partial charge in [0.2, 0.25) is 0 Å². The lowest BCUT2D eigenvalue weighted by Crippen LogP contribution is -2.16. The number of nitrogens with zero attached hydrogens (tertiary/aromatic N) is 1. The number of nitrogen functional groups attached to an aromatic ring is 1. The van der Waals surface area contributed by atoms with Gasteiger partial charge in [0.25, 0.3) is 10.0 Å². The summed E-state index contributed by atoms with van der Waals surface area (Å²) in [6, 6.07) is 2.14. The molecule has 0 radical (unpaired) electrons. The highest BCUT2D eigenvalue weighted by Crippen LogP contribution is 2.27. The molecule has 0 fully saturated rings. The van der Waals surface area contributed by atoms with E-state index in [1.54, 1.807) is 0 Å². The highest BCUT2D eigenvalue weighted by atomic mass is 35.5. The molecule has 0 saturated heterocycles. The predicted octanol–water partition coefficient (Wildman–Crippen LogP) is 2.15. The maximum atomic E-state index is 13.9. The van der Waals surface area contributed by atoms with Crippen molar-refractivity contribution in [3.05, 3.63) is 34.7 Å². The standard InChI is InChI=1S/C11H12ClFN4O2S/c1-2-6-5-15-16-11(6)17-20(18,19)9-4-7(12)3-8(14)10(9)13/h3-5H,2,14H2,1H3,(H2,15,16,17). The third-order valence-corrected chi connectivity index (χ3v) is 4.22. The molecular formula is C11H12ClFN4O2S. The monoisotopic (exact) mass is 318 g/mol. The first kappa shape index (κ1) is 14.6. The summed E-state index contributed by atoms with van der Waals surface area (Å²) >= 11 is 5.71. The Balaban J connectivity index is 2.46. The summed E-state index contributed by atoms with van der Waals surface area (Å²) in [5, 5.41) is 6.27. The number of hydrogen-bond acceptors (Lipinski definition) is 4. The fourth-order valence-electron chi connectivity index (χ4n) is 1.64. The minimum Gasteiger partial charge on any atom is -0.396 e. The van der Waals surface area contributed by atoms with Gasteiger partial charge in [-0.3, -0.25) is 9.82 Å². The first-order chi connectivity index (χ1) is 9.35. The van der Waals surface area contributed by atoms with Crippen molar-refractivity contribution in [2.45, 2.75) is 18.2 Å². The average Bonchev–Trinajstić information content (AvgIpc) is 2.80. The normalized spacial score (nSPS) is 11.6. The first-order valence-electron chi connectivity index (χ1n) is 5.64. The second-order valence-electron chi connectivity index (χ2n) is 4.04. The van der Waals surface area contributed by atoms with Crippen LogP contribution in [0.5, 0.6) is 0 Å². The van der Waals surface area contributed by atoms with Gasteiger partial charge >= 0.3 is 0 Å². The molecule has 0 aliphatic heterocycles. The van der Waals surface area contributed by atoms with E-state index in [0.29, 0.717) is 12.0 Å². The van der Waals surface area contributed by atoms with E-state index in [1.165, 1.54) is 6.20 Å². The Morgan fingerprint density at radius 1 is 1.50 bits per heavy atom. The van der Waals surface area contributed by atoms with Crippen LogP contribution >= 0.6 is 11.6 Å². The van der Waals surface area contributed by atoms with Crippen molar-refractivity contribution in [2.75, 3.05) is 10.5 Å². The maximum Gasteiger partial charge on any atom is 0.266 e. The molecule has 4 N–H and O–H groups in total. The van der Waals surface area contributed by atoms with Crippen molar-refractivity contribution in [3.63, 3.8) is 0 Å². The zero-order valence-electron chi connectivity index (χ0n) is 10.4. The van der Waals surface area contributed by atoms with Gasteiger partial charge in [-0.2, -0.15) is 5.10 Å². The van der Waals surface area contributed by atoms with E-state index in [9.17, 15) is 12.8 Å². The van der Waals surface area contributed by atoms with E-state index >= 15 is 0 Å². The number of halogens is 2. The SMILES string of the molecule is CCc1cn[nH]c1NS(=O)(=O)c1cc(Cl)cc(N)c1F. The summed E-state index contributed by atoms with van der Waals surface area (Å²) in [4.78, 5) is -0.612. The fraction of sp³-hybridized carbons (Fsp3) is 0.182. The second kappa shape index (κ2) is 5.29. The van der Waals surface area contributed by atoms with Crippen molar-refractivity contribution in [2.24, 2.45) is 0 Å². The van der Waals surface area contributed by atoms with Crippen LogP contribution in [0.1, 0.15) is 12.5 Å².